The van der Waals surface area contributed by atoms with Gasteiger partial charge in [-0.05, 0) is 26.3 Å². The highest BCUT2D eigenvalue weighted by Gasteiger charge is 2.34. The summed E-state index contributed by atoms with van der Waals surface area (Å²) in [5.74, 6) is 0.243. The molecule has 4 rings (SSSR count). The summed E-state index contributed by atoms with van der Waals surface area (Å²) >= 11 is 6.18. The number of anilines is 2. The summed E-state index contributed by atoms with van der Waals surface area (Å²) in [6, 6.07) is 2.43. The molecule has 0 radical (unpaired) electrons. The molecule has 14 heteroatoms. The summed E-state index contributed by atoms with van der Waals surface area (Å²) in [6.45, 7) is 3.59. The molecule has 10 nitrogen and oxygen atoms in total. The Morgan fingerprint density at radius 1 is 1.18 bits per heavy atom. The Morgan fingerprint density at radius 3 is 2.56 bits per heavy atom. The molecule has 0 aromatic carbocycles. The molecular weight excluding hydrogens is 477 g/mol. The molecule has 0 amide bonds. The van der Waals surface area contributed by atoms with Gasteiger partial charge in [0.25, 0.3) is 5.95 Å². The van der Waals surface area contributed by atoms with Gasteiger partial charge in [0.2, 0.25) is 0 Å². The molecule has 180 valence electrons. The first-order valence-electron chi connectivity index (χ1n) is 10.0. The Balaban J connectivity index is 1.68. The highest BCUT2D eigenvalue weighted by Crippen LogP contribution is 2.28. The molecule has 0 spiro atoms. The molecule has 0 unspecified atom stereocenters. The van der Waals surface area contributed by atoms with Crippen LogP contribution in [0.15, 0.2) is 35.5 Å². The second-order valence-electron chi connectivity index (χ2n) is 8.25. The van der Waals surface area contributed by atoms with Gasteiger partial charge >= 0.3 is 11.9 Å². The van der Waals surface area contributed by atoms with Crippen molar-refractivity contribution in [3.8, 4) is 5.95 Å². The monoisotopic (exact) mass is 496 g/mol. The molecule has 4 heterocycles. The lowest BCUT2D eigenvalue weighted by atomic mass is 10.1. The van der Waals surface area contributed by atoms with Crippen LogP contribution >= 0.6 is 11.6 Å². The van der Waals surface area contributed by atoms with Gasteiger partial charge in [0.15, 0.2) is 11.5 Å². The van der Waals surface area contributed by atoms with E-state index in [0.29, 0.717) is 17.5 Å². The fourth-order valence-corrected chi connectivity index (χ4v) is 3.37. The van der Waals surface area contributed by atoms with E-state index >= 15 is 0 Å². The number of halogens is 4. The third-order valence-corrected chi connectivity index (χ3v) is 5.32. The maximum Gasteiger partial charge on any atom is 0.435 e. The van der Waals surface area contributed by atoms with Crippen molar-refractivity contribution in [1.29, 1.82) is 0 Å². The Bertz CT molecular complexity index is 1420. The van der Waals surface area contributed by atoms with Gasteiger partial charge in [-0.3, -0.25) is 9.13 Å². The Hall–Kier alpha value is -3.45. The zero-order valence-corrected chi connectivity index (χ0v) is 19.1. The van der Waals surface area contributed by atoms with Gasteiger partial charge in [-0.2, -0.15) is 23.3 Å². The van der Waals surface area contributed by atoms with Crippen molar-refractivity contribution in [3.63, 3.8) is 0 Å². The third kappa shape index (κ3) is 4.75. The van der Waals surface area contributed by atoms with Crippen molar-refractivity contribution in [2.24, 2.45) is 7.05 Å². The molecule has 4 aromatic rings. The van der Waals surface area contributed by atoms with Crippen LogP contribution in [0.25, 0.3) is 17.0 Å². The fourth-order valence-electron chi connectivity index (χ4n) is 3.23. The van der Waals surface area contributed by atoms with E-state index < -0.39 is 17.5 Å². The Kier molecular flexibility index (Phi) is 5.85. The van der Waals surface area contributed by atoms with E-state index in [-0.39, 0.29) is 34.8 Å². The van der Waals surface area contributed by atoms with E-state index in [2.05, 4.69) is 25.4 Å². The summed E-state index contributed by atoms with van der Waals surface area (Å²) in [4.78, 5) is 25.0. The standard InChI is InChI=1S/C20H20ClF3N8O2/c1-19(2,34)5-7-31-12-8-15(25-10-13(12)30(3)18(31)33)27-16-11(21)9-26-17(28-16)32-6-4-14(29-32)20(22,23)24/h4,6,8-10,34H,5,7H2,1-3H3,(H,25,26,27,28). The van der Waals surface area contributed by atoms with Crippen LogP contribution in [0.1, 0.15) is 26.0 Å². The van der Waals surface area contributed by atoms with Crippen LogP contribution in [0.4, 0.5) is 24.8 Å². The van der Waals surface area contributed by atoms with Crippen LogP contribution < -0.4 is 11.0 Å². The van der Waals surface area contributed by atoms with Crippen molar-refractivity contribution in [2.75, 3.05) is 5.32 Å². The van der Waals surface area contributed by atoms with Gasteiger partial charge in [0.05, 0.1) is 29.0 Å². The number of rotatable bonds is 6. The average Bonchev–Trinajstić information content (AvgIpc) is 3.32. The zero-order valence-electron chi connectivity index (χ0n) is 18.3. The molecule has 2 N–H and O–H groups in total. The molecule has 0 atom stereocenters. The van der Waals surface area contributed by atoms with Crippen molar-refractivity contribution in [2.45, 2.75) is 38.6 Å². The van der Waals surface area contributed by atoms with Crippen molar-refractivity contribution in [1.82, 2.24) is 33.9 Å². The highest BCUT2D eigenvalue weighted by atomic mass is 35.5. The summed E-state index contributed by atoms with van der Waals surface area (Å²) in [5, 5.41) is 16.5. The SMILES string of the molecule is Cn1c(=O)n(CCC(C)(C)O)c2cc(Nc3nc(-n4ccc(C(F)(F)F)n4)ncc3Cl)ncc21. The molecule has 0 aliphatic heterocycles. The van der Waals surface area contributed by atoms with E-state index in [1.54, 1.807) is 27.0 Å². The molecular formula is C20H20ClF3N8O2. The normalized spacial score (nSPS) is 12.5. The number of fused-ring (bicyclic) bond motifs is 1. The molecule has 0 saturated carbocycles. The van der Waals surface area contributed by atoms with Crippen LogP contribution in [0, 0.1) is 0 Å². The van der Waals surface area contributed by atoms with Gasteiger partial charge in [-0.1, -0.05) is 11.6 Å². The van der Waals surface area contributed by atoms with Crippen LogP contribution in [0.3, 0.4) is 0 Å². The van der Waals surface area contributed by atoms with Gasteiger partial charge < -0.3 is 10.4 Å². The second-order valence-corrected chi connectivity index (χ2v) is 8.66. The predicted molar refractivity (Wildman–Crippen MR) is 118 cm³/mol. The number of imidazole rings is 1. The molecule has 0 aliphatic rings. The molecule has 0 saturated heterocycles. The van der Waals surface area contributed by atoms with Gasteiger partial charge in [-0.25, -0.2) is 19.4 Å². The molecule has 34 heavy (non-hydrogen) atoms. The zero-order chi connectivity index (χ0) is 24.8. The third-order valence-electron chi connectivity index (χ3n) is 5.04. The predicted octanol–water partition coefficient (Wildman–Crippen LogP) is 3.29. The number of aryl methyl sites for hydroxylation is 2. The Morgan fingerprint density at radius 2 is 1.91 bits per heavy atom. The van der Waals surface area contributed by atoms with Crippen molar-refractivity contribution >= 4 is 34.3 Å². The first-order valence-corrected chi connectivity index (χ1v) is 10.4. The molecule has 4 aromatic heterocycles. The van der Waals surface area contributed by atoms with Gasteiger partial charge in [0, 0.05) is 25.9 Å². The van der Waals surface area contributed by atoms with E-state index in [1.807, 2.05) is 0 Å². The lowest BCUT2D eigenvalue weighted by molar-refractivity contribution is -0.141. The molecule has 0 bridgehead atoms. The van der Waals surface area contributed by atoms with E-state index in [1.165, 1.54) is 21.5 Å². The summed E-state index contributed by atoms with van der Waals surface area (Å²) in [7, 11) is 1.62. The number of alkyl halides is 3. The maximum absolute atomic E-state index is 12.9. The summed E-state index contributed by atoms with van der Waals surface area (Å²) in [5.41, 5.74) is -1.15. The van der Waals surface area contributed by atoms with Gasteiger partial charge in [-0.15, -0.1) is 0 Å². The number of nitrogens with one attached hydrogen (secondary N) is 1. The van der Waals surface area contributed by atoms with E-state index in [4.69, 9.17) is 11.6 Å². The van der Waals surface area contributed by atoms with E-state index in [0.717, 1.165) is 16.9 Å². The fraction of sp³-hybridized carbons (Fsp3) is 0.350. The van der Waals surface area contributed by atoms with Crippen LogP contribution in [0.2, 0.25) is 5.02 Å². The number of pyridine rings is 1. The summed E-state index contributed by atoms with van der Waals surface area (Å²) < 4.78 is 42.4. The number of hydrogen-bond acceptors (Lipinski definition) is 7. The lowest BCUT2D eigenvalue weighted by Crippen LogP contribution is -2.27. The topological polar surface area (TPSA) is 116 Å². The number of aromatic nitrogens is 7. The average molecular weight is 497 g/mol. The highest BCUT2D eigenvalue weighted by molar-refractivity contribution is 6.32. The maximum atomic E-state index is 12.9. The lowest BCUT2D eigenvalue weighted by Gasteiger charge is -2.17. The molecule has 0 fully saturated rings. The van der Waals surface area contributed by atoms with E-state index in [9.17, 15) is 23.1 Å². The number of nitrogens with zero attached hydrogens (tertiary/aromatic N) is 7. The van der Waals surface area contributed by atoms with Crippen LogP contribution in [-0.4, -0.2) is 44.6 Å². The van der Waals surface area contributed by atoms with Crippen molar-refractivity contribution in [3.05, 3.63) is 51.9 Å². The largest absolute Gasteiger partial charge is 0.435 e. The smallest absolute Gasteiger partial charge is 0.390 e. The quantitative estimate of drug-likeness (QED) is 0.421. The molecule has 0 aliphatic carbocycles. The van der Waals surface area contributed by atoms with Crippen LogP contribution in [0.5, 0.6) is 0 Å². The second kappa shape index (κ2) is 8.40. The summed E-state index contributed by atoms with van der Waals surface area (Å²) in [6.07, 6.45) is -0.442. The first kappa shape index (κ1) is 23.7. The van der Waals surface area contributed by atoms with Crippen molar-refractivity contribution < 1.29 is 18.3 Å². The minimum Gasteiger partial charge on any atom is -0.390 e. The Labute approximate surface area is 195 Å². The van der Waals surface area contributed by atoms with Crippen LogP contribution in [-0.2, 0) is 19.8 Å². The first-order chi connectivity index (χ1) is 15.8. The number of aliphatic hydroxyl groups is 1. The van der Waals surface area contributed by atoms with Gasteiger partial charge in [0.1, 0.15) is 10.8 Å². The number of hydrogen-bond donors (Lipinski definition) is 2. The minimum atomic E-state index is -4.60. The minimum absolute atomic E-state index is 0.0869.